The van der Waals surface area contributed by atoms with Crippen molar-refractivity contribution in [3.63, 3.8) is 0 Å². The first-order chi connectivity index (χ1) is 6.52. The molecule has 0 heterocycles. The van der Waals surface area contributed by atoms with Crippen LogP contribution in [0.4, 0.5) is 0 Å². The molecule has 0 saturated heterocycles. The van der Waals surface area contributed by atoms with Crippen LogP contribution in [0.2, 0.25) is 0 Å². The van der Waals surface area contributed by atoms with Gasteiger partial charge >= 0.3 is 5.97 Å². The Morgan fingerprint density at radius 1 is 1.43 bits per heavy atom. The summed E-state index contributed by atoms with van der Waals surface area (Å²) in [4.78, 5) is 12.4. The minimum Gasteiger partial charge on any atom is -0.481 e. The molecule has 1 aliphatic rings. The molecule has 80 valence electrons. The summed E-state index contributed by atoms with van der Waals surface area (Å²) in [6.07, 6.45) is 3.01. The largest absolute Gasteiger partial charge is 0.481 e. The summed E-state index contributed by atoms with van der Waals surface area (Å²) < 4.78 is 0. The number of guanidine groups is 1. The second kappa shape index (κ2) is 4.30. The SMILES string of the molecule is CN(C(=N)N)C1CCC(C(=O)O)CC1. The molecule has 0 spiro atoms. The standard InChI is InChI=1S/C9H17N3O2/c1-12(9(10)11)7-4-2-6(3-5-7)8(13)14/h6-7H,2-5H2,1H3,(H3,10,11)(H,13,14). The van der Waals surface area contributed by atoms with E-state index in [2.05, 4.69) is 0 Å². The summed E-state index contributed by atoms with van der Waals surface area (Å²) in [7, 11) is 1.79. The van der Waals surface area contributed by atoms with Crippen molar-refractivity contribution in [2.75, 3.05) is 7.05 Å². The van der Waals surface area contributed by atoms with E-state index in [1.54, 1.807) is 11.9 Å². The summed E-state index contributed by atoms with van der Waals surface area (Å²) in [6.45, 7) is 0. The Bertz CT molecular complexity index is 234. The van der Waals surface area contributed by atoms with Crippen molar-refractivity contribution in [2.45, 2.75) is 31.7 Å². The summed E-state index contributed by atoms with van der Waals surface area (Å²) >= 11 is 0. The number of nitrogens with two attached hydrogens (primary N) is 1. The molecule has 1 fully saturated rings. The summed E-state index contributed by atoms with van der Waals surface area (Å²) in [5, 5.41) is 16.1. The normalized spacial score (nSPS) is 26.9. The molecular weight excluding hydrogens is 182 g/mol. The highest BCUT2D eigenvalue weighted by molar-refractivity contribution is 5.74. The smallest absolute Gasteiger partial charge is 0.306 e. The lowest BCUT2D eigenvalue weighted by Gasteiger charge is -2.33. The molecule has 0 atom stereocenters. The van der Waals surface area contributed by atoms with Gasteiger partial charge < -0.3 is 15.7 Å². The first kappa shape index (κ1) is 10.8. The van der Waals surface area contributed by atoms with Gasteiger partial charge in [-0.05, 0) is 25.7 Å². The third-order valence-electron chi connectivity index (χ3n) is 2.97. The van der Waals surface area contributed by atoms with Crippen LogP contribution in [0.15, 0.2) is 0 Å². The molecule has 0 aliphatic heterocycles. The van der Waals surface area contributed by atoms with Gasteiger partial charge in [0.1, 0.15) is 0 Å². The summed E-state index contributed by atoms with van der Waals surface area (Å²) in [5.41, 5.74) is 5.35. The van der Waals surface area contributed by atoms with Crippen LogP contribution in [-0.4, -0.2) is 35.0 Å². The van der Waals surface area contributed by atoms with Gasteiger partial charge in [0.2, 0.25) is 0 Å². The number of carboxylic acids is 1. The van der Waals surface area contributed by atoms with Crippen LogP contribution in [0, 0.1) is 11.3 Å². The van der Waals surface area contributed by atoms with Crippen LogP contribution in [0.3, 0.4) is 0 Å². The van der Waals surface area contributed by atoms with E-state index in [1.165, 1.54) is 0 Å². The Morgan fingerprint density at radius 3 is 2.29 bits per heavy atom. The molecule has 5 heteroatoms. The Hall–Kier alpha value is -1.26. The lowest BCUT2D eigenvalue weighted by Crippen LogP contribution is -2.43. The van der Waals surface area contributed by atoms with E-state index < -0.39 is 5.97 Å². The van der Waals surface area contributed by atoms with Crippen LogP contribution in [-0.2, 0) is 4.79 Å². The van der Waals surface area contributed by atoms with Gasteiger partial charge in [-0.2, -0.15) is 0 Å². The Kier molecular flexibility index (Phi) is 3.33. The zero-order valence-corrected chi connectivity index (χ0v) is 8.36. The highest BCUT2D eigenvalue weighted by Gasteiger charge is 2.28. The first-order valence-corrected chi connectivity index (χ1v) is 4.82. The van der Waals surface area contributed by atoms with Crippen LogP contribution in [0.25, 0.3) is 0 Å². The van der Waals surface area contributed by atoms with Crippen molar-refractivity contribution in [2.24, 2.45) is 11.7 Å². The van der Waals surface area contributed by atoms with E-state index in [4.69, 9.17) is 16.2 Å². The molecule has 1 rings (SSSR count). The van der Waals surface area contributed by atoms with Gasteiger partial charge in [-0.25, -0.2) is 0 Å². The fourth-order valence-electron chi connectivity index (χ4n) is 1.91. The van der Waals surface area contributed by atoms with Crippen molar-refractivity contribution in [1.29, 1.82) is 5.41 Å². The van der Waals surface area contributed by atoms with Gasteiger partial charge in [0.15, 0.2) is 5.96 Å². The molecule has 0 unspecified atom stereocenters. The van der Waals surface area contributed by atoms with Crippen molar-refractivity contribution in [3.05, 3.63) is 0 Å². The fraction of sp³-hybridized carbons (Fsp3) is 0.778. The van der Waals surface area contributed by atoms with Gasteiger partial charge in [0, 0.05) is 13.1 Å². The average molecular weight is 199 g/mol. The number of nitrogens with zero attached hydrogens (tertiary/aromatic N) is 1. The topological polar surface area (TPSA) is 90.4 Å². The maximum atomic E-state index is 10.7. The van der Waals surface area contributed by atoms with E-state index >= 15 is 0 Å². The summed E-state index contributed by atoms with van der Waals surface area (Å²) in [5.74, 6) is -0.843. The van der Waals surface area contributed by atoms with E-state index in [1.807, 2.05) is 0 Å². The van der Waals surface area contributed by atoms with Crippen molar-refractivity contribution in [3.8, 4) is 0 Å². The van der Waals surface area contributed by atoms with Crippen LogP contribution >= 0.6 is 0 Å². The first-order valence-electron chi connectivity index (χ1n) is 4.82. The second-order valence-electron chi connectivity index (χ2n) is 3.84. The van der Waals surface area contributed by atoms with Crippen LogP contribution < -0.4 is 5.73 Å². The molecule has 0 bridgehead atoms. The number of carbonyl (C=O) groups is 1. The molecule has 14 heavy (non-hydrogen) atoms. The molecule has 4 N–H and O–H groups in total. The van der Waals surface area contributed by atoms with Crippen LogP contribution in [0.1, 0.15) is 25.7 Å². The quantitative estimate of drug-likeness (QED) is 0.445. The van der Waals surface area contributed by atoms with Gasteiger partial charge in [0.25, 0.3) is 0 Å². The van der Waals surface area contributed by atoms with Gasteiger partial charge in [-0.15, -0.1) is 0 Å². The van der Waals surface area contributed by atoms with Gasteiger partial charge in [-0.1, -0.05) is 0 Å². The minimum atomic E-state index is -0.700. The molecule has 0 aromatic carbocycles. The van der Waals surface area contributed by atoms with E-state index in [0.717, 1.165) is 12.8 Å². The molecule has 1 saturated carbocycles. The molecular formula is C9H17N3O2. The highest BCUT2D eigenvalue weighted by Crippen LogP contribution is 2.26. The maximum absolute atomic E-state index is 10.7. The Labute approximate surface area is 83.4 Å². The third kappa shape index (κ3) is 2.37. The number of hydrogen-bond acceptors (Lipinski definition) is 2. The van der Waals surface area contributed by atoms with Crippen LogP contribution in [0.5, 0.6) is 0 Å². The Morgan fingerprint density at radius 2 is 1.93 bits per heavy atom. The predicted molar refractivity (Wildman–Crippen MR) is 53.1 cm³/mol. The summed E-state index contributed by atoms with van der Waals surface area (Å²) in [6, 6.07) is 0.239. The molecule has 5 nitrogen and oxygen atoms in total. The van der Waals surface area contributed by atoms with Crippen molar-refractivity contribution in [1.82, 2.24) is 4.90 Å². The lowest BCUT2D eigenvalue weighted by molar-refractivity contribution is -0.143. The average Bonchev–Trinajstić information content (AvgIpc) is 2.16. The van der Waals surface area contributed by atoms with Crippen molar-refractivity contribution < 1.29 is 9.90 Å². The van der Waals surface area contributed by atoms with E-state index in [9.17, 15) is 4.79 Å². The molecule has 0 aromatic rings. The van der Waals surface area contributed by atoms with Gasteiger partial charge in [-0.3, -0.25) is 10.2 Å². The zero-order chi connectivity index (χ0) is 10.7. The maximum Gasteiger partial charge on any atom is 0.306 e. The number of hydrogen-bond donors (Lipinski definition) is 3. The fourth-order valence-corrected chi connectivity index (χ4v) is 1.91. The monoisotopic (exact) mass is 199 g/mol. The number of carboxylic acid groups (broad SMARTS) is 1. The molecule has 1 aliphatic carbocycles. The number of aliphatic carboxylic acids is 1. The molecule has 0 aromatic heterocycles. The molecule has 0 radical (unpaired) electrons. The highest BCUT2D eigenvalue weighted by atomic mass is 16.4. The number of nitrogens with one attached hydrogen (secondary N) is 1. The number of rotatable bonds is 2. The van der Waals surface area contributed by atoms with Crippen molar-refractivity contribution >= 4 is 11.9 Å². The second-order valence-corrected chi connectivity index (χ2v) is 3.84. The van der Waals surface area contributed by atoms with E-state index in [-0.39, 0.29) is 17.9 Å². The minimum absolute atomic E-state index is 0.0591. The third-order valence-corrected chi connectivity index (χ3v) is 2.97. The molecule has 0 amide bonds. The predicted octanol–water partition coefficient (Wildman–Crippen LogP) is 0.455. The Balaban J connectivity index is 2.43. The van der Waals surface area contributed by atoms with Gasteiger partial charge in [0.05, 0.1) is 5.92 Å². The van der Waals surface area contributed by atoms with E-state index in [0.29, 0.717) is 12.8 Å². The lowest BCUT2D eigenvalue weighted by atomic mass is 9.85. The zero-order valence-electron chi connectivity index (χ0n) is 8.36.